The van der Waals surface area contributed by atoms with Gasteiger partial charge in [0.1, 0.15) is 0 Å². The van der Waals surface area contributed by atoms with E-state index in [2.05, 4.69) is 6.92 Å². The molecule has 0 saturated carbocycles. The summed E-state index contributed by atoms with van der Waals surface area (Å²) < 4.78 is 5.33. The summed E-state index contributed by atoms with van der Waals surface area (Å²) in [6, 6.07) is 3.62. The molecule has 0 fully saturated rings. The maximum Gasteiger partial charge on any atom is 0.185 e. The van der Waals surface area contributed by atoms with Crippen LogP contribution in [0.3, 0.4) is 0 Å². The number of carbonyl (C=O) groups excluding carboxylic acids is 1. The van der Waals surface area contributed by atoms with Gasteiger partial charge in [-0.05, 0) is 18.6 Å². The Labute approximate surface area is 140 Å². The van der Waals surface area contributed by atoms with Crippen LogP contribution in [0.4, 0.5) is 0 Å². The second-order valence-corrected chi connectivity index (χ2v) is 7.11. The van der Waals surface area contributed by atoms with E-state index in [1.54, 1.807) is 17.8 Å². The van der Waals surface area contributed by atoms with E-state index < -0.39 is 0 Å². The van der Waals surface area contributed by atoms with Gasteiger partial charge in [-0.25, -0.2) is 0 Å². The van der Waals surface area contributed by atoms with Crippen LogP contribution in [0, 0.1) is 0 Å². The van der Waals surface area contributed by atoms with Crippen LogP contribution in [-0.2, 0) is 0 Å². The molecule has 2 nitrogen and oxygen atoms in total. The van der Waals surface area contributed by atoms with Crippen molar-refractivity contribution in [1.82, 2.24) is 0 Å². The van der Waals surface area contributed by atoms with Crippen molar-refractivity contribution in [2.24, 2.45) is 0 Å². The van der Waals surface area contributed by atoms with Gasteiger partial charge in [0.15, 0.2) is 17.1 Å². The zero-order valence-electron chi connectivity index (χ0n) is 14.1. The molecule has 0 saturated heterocycles. The standard InChI is InChI=1S/C19H32O2S/c1-2-3-4-5-6-7-8-9-10-11-12-13-16-22-19-15-14-18(17-20)21-19/h14-15,17H,2-13,16H2,1H3. The Morgan fingerprint density at radius 3 is 1.91 bits per heavy atom. The number of unbranched alkanes of at least 4 members (excludes halogenated alkanes) is 11. The summed E-state index contributed by atoms with van der Waals surface area (Å²) in [5, 5.41) is 0.866. The van der Waals surface area contributed by atoms with Gasteiger partial charge in [-0.3, -0.25) is 4.79 Å². The molecule has 1 aromatic heterocycles. The highest BCUT2D eigenvalue weighted by Crippen LogP contribution is 2.22. The first-order valence-electron chi connectivity index (χ1n) is 9.04. The van der Waals surface area contributed by atoms with Crippen molar-refractivity contribution in [3.63, 3.8) is 0 Å². The highest BCUT2D eigenvalue weighted by molar-refractivity contribution is 7.99. The number of rotatable bonds is 15. The second kappa shape index (κ2) is 13.9. The second-order valence-electron chi connectivity index (χ2n) is 6.01. The summed E-state index contributed by atoms with van der Waals surface area (Å²) in [4.78, 5) is 10.5. The molecule has 0 spiro atoms. The molecular formula is C19H32O2S. The molecule has 0 aliphatic heterocycles. The monoisotopic (exact) mass is 324 g/mol. The van der Waals surface area contributed by atoms with Crippen LogP contribution in [0.5, 0.6) is 0 Å². The van der Waals surface area contributed by atoms with E-state index >= 15 is 0 Å². The quantitative estimate of drug-likeness (QED) is 0.200. The van der Waals surface area contributed by atoms with Gasteiger partial charge in [-0.2, -0.15) is 0 Å². The van der Waals surface area contributed by atoms with Gasteiger partial charge in [0.25, 0.3) is 0 Å². The topological polar surface area (TPSA) is 30.2 Å². The first-order chi connectivity index (χ1) is 10.9. The van der Waals surface area contributed by atoms with Gasteiger partial charge in [0.2, 0.25) is 0 Å². The molecular weight excluding hydrogens is 292 g/mol. The zero-order valence-corrected chi connectivity index (χ0v) is 15.0. The van der Waals surface area contributed by atoms with Crippen LogP contribution in [0.25, 0.3) is 0 Å². The minimum Gasteiger partial charge on any atom is -0.447 e. The fraction of sp³-hybridized carbons (Fsp3) is 0.737. The third-order valence-corrected chi connectivity index (χ3v) is 4.96. The summed E-state index contributed by atoms with van der Waals surface area (Å²) in [7, 11) is 0. The number of thioether (sulfide) groups is 1. The number of hydrogen-bond donors (Lipinski definition) is 0. The fourth-order valence-electron chi connectivity index (χ4n) is 2.59. The summed E-state index contributed by atoms with van der Waals surface area (Å²) in [5.74, 6) is 1.51. The van der Waals surface area contributed by atoms with Crippen LogP contribution in [-0.4, -0.2) is 12.0 Å². The smallest absolute Gasteiger partial charge is 0.185 e. The predicted molar refractivity (Wildman–Crippen MR) is 95.9 cm³/mol. The highest BCUT2D eigenvalue weighted by atomic mass is 32.2. The minimum absolute atomic E-state index is 0.428. The molecule has 0 amide bonds. The number of carbonyl (C=O) groups is 1. The Hall–Kier alpha value is -0.700. The van der Waals surface area contributed by atoms with Gasteiger partial charge in [-0.1, -0.05) is 89.3 Å². The Bertz CT molecular complexity index is 373. The number of hydrogen-bond acceptors (Lipinski definition) is 3. The molecule has 126 valence electrons. The van der Waals surface area contributed by atoms with Crippen molar-refractivity contribution in [2.75, 3.05) is 5.75 Å². The predicted octanol–water partition coefficient (Wildman–Crippen LogP) is 6.89. The van der Waals surface area contributed by atoms with E-state index in [0.29, 0.717) is 5.76 Å². The van der Waals surface area contributed by atoms with Crippen LogP contribution >= 0.6 is 11.8 Å². The van der Waals surface area contributed by atoms with Crippen LogP contribution in [0.2, 0.25) is 0 Å². The molecule has 0 bridgehead atoms. The molecule has 1 heterocycles. The van der Waals surface area contributed by atoms with Gasteiger partial charge < -0.3 is 4.42 Å². The maximum atomic E-state index is 10.5. The Morgan fingerprint density at radius 2 is 1.41 bits per heavy atom. The van der Waals surface area contributed by atoms with Gasteiger partial charge in [0, 0.05) is 5.75 Å². The normalized spacial score (nSPS) is 11.0. The average molecular weight is 325 g/mol. The highest BCUT2D eigenvalue weighted by Gasteiger charge is 2.01. The van der Waals surface area contributed by atoms with Crippen LogP contribution in [0.1, 0.15) is 94.5 Å². The van der Waals surface area contributed by atoms with E-state index in [9.17, 15) is 4.79 Å². The minimum atomic E-state index is 0.428. The number of aldehydes is 1. The summed E-state index contributed by atoms with van der Waals surface area (Å²) in [6.07, 6.45) is 17.3. The van der Waals surface area contributed by atoms with Crippen molar-refractivity contribution < 1.29 is 9.21 Å². The van der Waals surface area contributed by atoms with E-state index in [0.717, 1.165) is 17.1 Å². The first kappa shape index (κ1) is 19.3. The maximum absolute atomic E-state index is 10.5. The van der Waals surface area contributed by atoms with Gasteiger partial charge in [0.05, 0.1) is 0 Å². The molecule has 22 heavy (non-hydrogen) atoms. The van der Waals surface area contributed by atoms with Crippen molar-refractivity contribution >= 4 is 18.0 Å². The fourth-order valence-corrected chi connectivity index (χ4v) is 3.46. The first-order valence-corrected chi connectivity index (χ1v) is 10.0. The summed E-state index contributed by atoms with van der Waals surface area (Å²) in [6.45, 7) is 2.27. The lowest BCUT2D eigenvalue weighted by molar-refractivity contribution is 0.109. The molecule has 0 unspecified atom stereocenters. The molecule has 0 aromatic carbocycles. The lowest BCUT2D eigenvalue weighted by Crippen LogP contribution is -1.84. The molecule has 3 heteroatoms. The van der Waals surface area contributed by atoms with E-state index in [1.807, 2.05) is 6.07 Å². The van der Waals surface area contributed by atoms with E-state index in [1.165, 1.54) is 77.0 Å². The lowest BCUT2D eigenvalue weighted by atomic mass is 10.1. The Balaban J connectivity index is 1.79. The molecule has 0 aliphatic carbocycles. The van der Waals surface area contributed by atoms with E-state index in [4.69, 9.17) is 4.42 Å². The summed E-state index contributed by atoms with van der Waals surface area (Å²) in [5.41, 5.74) is 0. The van der Waals surface area contributed by atoms with Crippen molar-refractivity contribution in [3.05, 3.63) is 17.9 Å². The average Bonchev–Trinajstić information content (AvgIpc) is 3.00. The summed E-state index contributed by atoms with van der Waals surface area (Å²) >= 11 is 1.71. The third-order valence-electron chi connectivity index (χ3n) is 3.96. The lowest BCUT2D eigenvalue weighted by Gasteiger charge is -2.02. The largest absolute Gasteiger partial charge is 0.447 e. The van der Waals surface area contributed by atoms with Crippen LogP contribution in [0.15, 0.2) is 21.6 Å². The molecule has 0 radical (unpaired) electrons. The van der Waals surface area contributed by atoms with E-state index in [-0.39, 0.29) is 0 Å². The van der Waals surface area contributed by atoms with Crippen LogP contribution < -0.4 is 0 Å². The number of furan rings is 1. The SMILES string of the molecule is CCCCCCCCCCCCCCSc1ccc(C=O)o1. The Kier molecular flexibility index (Phi) is 12.2. The third kappa shape index (κ3) is 10.1. The van der Waals surface area contributed by atoms with Gasteiger partial charge in [-0.15, -0.1) is 0 Å². The van der Waals surface area contributed by atoms with Crippen molar-refractivity contribution in [2.45, 2.75) is 89.1 Å². The molecule has 1 aromatic rings. The van der Waals surface area contributed by atoms with Crippen molar-refractivity contribution in [1.29, 1.82) is 0 Å². The van der Waals surface area contributed by atoms with Gasteiger partial charge >= 0.3 is 0 Å². The molecule has 0 atom stereocenters. The Morgan fingerprint density at radius 1 is 0.864 bits per heavy atom. The zero-order chi connectivity index (χ0) is 15.9. The molecule has 0 aliphatic rings. The molecule has 1 rings (SSSR count). The van der Waals surface area contributed by atoms with Crippen molar-refractivity contribution in [3.8, 4) is 0 Å². The molecule has 0 N–H and O–H groups in total.